The monoisotopic (exact) mass is 388 g/mol. The van der Waals surface area contributed by atoms with Gasteiger partial charge in [0.25, 0.3) is 0 Å². The molecular formula is C19H17ClN2O3S. The molecule has 1 amide bonds. The molecule has 3 aromatic rings. The van der Waals surface area contributed by atoms with Crippen LogP contribution in [0.15, 0.2) is 36.4 Å². The Balaban J connectivity index is 1.75. The average molecular weight is 389 g/mol. The molecule has 7 heteroatoms. The highest BCUT2D eigenvalue weighted by atomic mass is 35.5. The number of nitrogens with zero attached hydrogens (tertiary/aromatic N) is 1. The van der Waals surface area contributed by atoms with Crippen LogP contribution in [0, 0.1) is 6.92 Å². The molecule has 26 heavy (non-hydrogen) atoms. The Bertz CT molecular complexity index is 998. The van der Waals surface area contributed by atoms with Gasteiger partial charge in [0.2, 0.25) is 5.91 Å². The summed E-state index contributed by atoms with van der Waals surface area (Å²) in [4.78, 5) is 16.6. The quantitative estimate of drug-likeness (QED) is 0.630. The number of rotatable bonds is 5. The Morgan fingerprint density at radius 2 is 2.04 bits per heavy atom. The van der Waals surface area contributed by atoms with Crippen molar-refractivity contribution in [2.45, 2.75) is 6.92 Å². The average Bonchev–Trinajstić information content (AvgIpc) is 2.98. The summed E-state index contributed by atoms with van der Waals surface area (Å²) in [6, 6.07) is 9.10. The first-order valence-electron chi connectivity index (χ1n) is 7.78. The van der Waals surface area contributed by atoms with Gasteiger partial charge in [0, 0.05) is 11.8 Å². The van der Waals surface area contributed by atoms with Crippen LogP contribution in [0.1, 0.15) is 10.6 Å². The predicted octanol–water partition coefficient (Wildman–Crippen LogP) is 4.93. The van der Waals surface area contributed by atoms with E-state index in [2.05, 4.69) is 10.3 Å². The van der Waals surface area contributed by atoms with Crippen LogP contribution in [0.3, 0.4) is 0 Å². The Hall–Kier alpha value is -2.57. The number of carbonyl (C=O) groups excluding carboxylic acids is 1. The second kappa shape index (κ2) is 7.76. The van der Waals surface area contributed by atoms with Crippen LogP contribution in [0.2, 0.25) is 5.02 Å². The number of methoxy groups -OCH3 is 2. The zero-order valence-electron chi connectivity index (χ0n) is 14.5. The van der Waals surface area contributed by atoms with Crippen LogP contribution < -0.4 is 14.8 Å². The molecule has 1 aromatic heterocycles. The summed E-state index contributed by atoms with van der Waals surface area (Å²) in [7, 11) is 3.06. The van der Waals surface area contributed by atoms with Crippen molar-refractivity contribution in [1.29, 1.82) is 0 Å². The number of ether oxygens (including phenoxy) is 2. The molecule has 0 saturated carbocycles. The molecular weight excluding hydrogens is 372 g/mol. The first kappa shape index (κ1) is 18.2. The fraction of sp³-hybridized carbons (Fsp3) is 0.158. The zero-order valence-corrected chi connectivity index (χ0v) is 16.1. The molecule has 0 saturated heterocycles. The van der Waals surface area contributed by atoms with Crippen LogP contribution >= 0.6 is 22.9 Å². The minimum Gasteiger partial charge on any atom is -0.493 e. The lowest BCUT2D eigenvalue weighted by molar-refractivity contribution is -0.111. The van der Waals surface area contributed by atoms with Gasteiger partial charge >= 0.3 is 0 Å². The predicted molar refractivity (Wildman–Crippen MR) is 107 cm³/mol. The van der Waals surface area contributed by atoms with Gasteiger partial charge in [-0.3, -0.25) is 4.79 Å². The molecule has 0 aliphatic rings. The molecule has 0 aliphatic carbocycles. The Morgan fingerprint density at radius 3 is 2.77 bits per heavy atom. The summed E-state index contributed by atoms with van der Waals surface area (Å²) >= 11 is 7.76. The summed E-state index contributed by atoms with van der Waals surface area (Å²) in [6.45, 7) is 1.96. The Labute approximate surface area is 160 Å². The fourth-order valence-corrected chi connectivity index (χ4v) is 3.67. The van der Waals surface area contributed by atoms with Crippen molar-refractivity contribution in [1.82, 2.24) is 4.98 Å². The van der Waals surface area contributed by atoms with Crippen molar-refractivity contribution >= 4 is 50.8 Å². The Kier molecular flexibility index (Phi) is 5.44. The standard InChI is InChI=1S/C19H17ClN2O3S/c1-11-21-15-6-5-13(10-17(15)26-11)22-18(23)7-4-12-8-14(20)19(25-3)16(9-12)24-2/h4-10H,1-3H3,(H,22,23)/b7-4+. The van der Waals surface area contributed by atoms with Gasteiger partial charge in [0.05, 0.1) is 34.5 Å². The van der Waals surface area contributed by atoms with E-state index in [9.17, 15) is 4.79 Å². The lowest BCUT2D eigenvalue weighted by Crippen LogP contribution is -2.07. The highest BCUT2D eigenvalue weighted by Gasteiger charge is 2.10. The minimum atomic E-state index is -0.239. The van der Waals surface area contributed by atoms with Gasteiger partial charge in [-0.15, -0.1) is 11.3 Å². The van der Waals surface area contributed by atoms with Gasteiger partial charge in [-0.2, -0.15) is 0 Å². The molecule has 0 atom stereocenters. The van der Waals surface area contributed by atoms with Gasteiger partial charge in [0.15, 0.2) is 11.5 Å². The SMILES string of the molecule is COc1cc(/C=C/C(=O)Nc2ccc3nc(C)sc3c2)cc(Cl)c1OC. The smallest absolute Gasteiger partial charge is 0.248 e. The minimum absolute atomic E-state index is 0.239. The molecule has 0 bridgehead atoms. The number of carbonyl (C=O) groups is 1. The molecule has 0 unspecified atom stereocenters. The maximum atomic E-state index is 12.2. The van der Waals surface area contributed by atoms with Gasteiger partial charge in [-0.25, -0.2) is 4.98 Å². The third kappa shape index (κ3) is 3.98. The molecule has 0 aliphatic heterocycles. The van der Waals surface area contributed by atoms with E-state index in [4.69, 9.17) is 21.1 Å². The fourth-order valence-electron chi connectivity index (χ4n) is 2.51. The Morgan fingerprint density at radius 1 is 1.23 bits per heavy atom. The van der Waals surface area contributed by atoms with Gasteiger partial charge in [0.1, 0.15) is 0 Å². The van der Waals surface area contributed by atoms with E-state index in [0.29, 0.717) is 16.5 Å². The third-order valence-corrected chi connectivity index (χ3v) is 4.86. The number of hydrogen-bond donors (Lipinski definition) is 1. The van der Waals surface area contributed by atoms with Gasteiger partial charge < -0.3 is 14.8 Å². The molecule has 5 nitrogen and oxygen atoms in total. The van der Waals surface area contributed by atoms with E-state index in [1.165, 1.54) is 20.3 Å². The number of thiazole rings is 1. The molecule has 1 heterocycles. The highest BCUT2D eigenvalue weighted by Crippen LogP contribution is 2.36. The van der Waals surface area contributed by atoms with Crippen LogP contribution in [0.5, 0.6) is 11.5 Å². The summed E-state index contributed by atoms with van der Waals surface area (Å²) in [5.41, 5.74) is 2.39. The number of nitrogens with one attached hydrogen (secondary N) is 1. The van der Waals surface area contributed by atoms with Crippen LogP contribution in [0.25, 0.3) is 16.3 Å². The number of aromatic nitrogens is 1. The molecule has 134 valence electrons. The molecule has 2 aromatic carbocycles. The normalized spacial score (nSPS) is 11.1. The first-order valence-corrected chi connectivity index (χ1v) is 8.97. The summed E-state index contributed by atoms with van der Waals surface area (Å²) < 4.78 is 11.5. The lowest BCUT2D eigenvalue weighted by atomic mass is 10.2. The second-order valence-electron chi connectivity index (χ2n) is 5.48. The number of hydrogen-bond acceptors (Lipinski definition) is 5. The number of fused-ring (bicyclic) bond motifs is 1. The van der Waals surface area contributed by atoms with E-state index in [1.807, 2.05) is 25.1 Å². The number of anilines is 1. The lowest BCUT2D eigenvalue weighted by Gasteiger charge is -2.10. The highest BCUT2D eigenvalue weighted by molar-refractivity contribution is 7.18. The number of halogens is 1. The van der Waals surface area contributed by atoms with E-state index < -0.39 is 0 Å². The molecule has 3 rings (SSSR count). The van der Waals surface area contributed by atoms with E-state index >= 15 is 0 Å². The maximum absolute atomic E-state index is 12.2. The van der Waals surface area contributed by atoms with E-state index in [0.717, 1.165) is 26.5 Å². The van der Waals surface area contributed by atoms with Crippen LogP contribution in [-0.4, -0.2) is 25.1 Å². The molecule has 0 radical (unpaired) electrons. The van der Waals surface area contributed by atoms with Gasteiger partial charge in [-0.05, 0) is 48.9 Å². The number of amides is 1. The zero-order chi connectivity index (χ0) is 18.7. The number of aryl methyl sites for hydroxylation is 1. The van der Waals surface area contributed by atoms with E-state index in [-0.39, 0.29) is 5.91 Å². The summed E-state index contributed by atoms with van der Waals surface area (Å²) in [5, 5.41) is 4.25. The molecule has 1 N–H and O–H groups in total. The number of benzene rings is 2. The second-order valence-corrected chi connectivity index (χ2v) is 7.12. The molecule has 0 fully saturated rings. The van der Waals surface area contributed by atoms with Crippen molar-refractivity contribution in [3.63, 3.8) is 0 Å². The van der Waals surface area contributed by atoms with Crippen molar-refractivity contribution in [2.24, 2.45) is 0 Å². The molecule has 0 spiro atoms. The van der Waals surface area contributed by atoms with Crippen LogP contribution in [-0.2, 0) is 4.79 Å². The third-order valence-electron chi connectivity index (χ3n) is 3.65. The van der Waals surface area contributed by atoms with Crippen molar-refractivity contribution in [2.75, 3.05) is 19.5 Å². The first-order chi connectivity index (χ1) is 12.5. The topological polar surface area (TPSA) is 60.5 Å². The summed E-state index contributed by atoms with van der Waals surface area (Å²) in [5.74, 6) is 0.728. The summed E-state index contributed by atoms with van der Waals surface area (Å²) in [6.07, 6.45) is 3.11. The van der Waals surface area contributed by atoms with Crippen molar-refractivity contribution in [3.8, 4) is 11.5 Å². The van der Waals surface area contributed by atoms with Gasteiger partial charge in [-0.1, -0.05) is 11.6 Å². The van der Waals surface area contributed by atoms with Crippen molar-refractivity contribution in [3.05, 3.63) is 52.0 Å². The van der Waals surface area contributed by atoms with Crippen LogP contribution in [0.4, 0.5) is 5.69 Å². The van der Waals surface area contributed by atoms with Crippen molar-refractivity contribution < 1.29 is 14.3 Å². The largest absolute Gasteiger partial charge is 0.493 e. The maximum Gasteiger partial charge on any atom is 0.248 e. The van der Waals surface area contributed by atoms with E-state index in [1.54, 1.807) is 29.5 Å².